The SMILES string of the molecule is CCC(Sc1cccc(NC(=O)N2c3ccccc3SC3C=CC=CC32)c1)C(=O)Nc1ccc(Br)cc1F. The summed E-state index contributed by atoms with van der Waals surface area (Å²) in [6.45, 7) is 1.91. The van der Waals surface area contributed by atoms with Crippen molar-refractivity contribution in [1.29, 1.82) is 0 Å². The largest absolute Gasteiger partial charge is 0.326 e. The number of rotatable bonds is 6. The Labute approximate surface area is 238 Å². The normalized spacial score (nSPS) is 18.3. The monoisotopic (exact) mass is 609 g/mol. The van der Waals surface area contributed by atoms with E-state index in [1.165, 1.54) is 23.9 Å². The van der Waals surface area contributed by atoms with Gasteiger partial charge in [0.1, 0.15) is 5.82 Å². The molecule has 38 heavy (non-hydrogen) atoms. The van der Waals surface area contributed by atoms with Crippen LogP contribution in [0.3, 0.4) is 0 Å². The molecule has 0 saturated carbocycles. The predicted molar refractivity (Wildman–Crippen MR) is 159 cm³/mol. The lowest BCUT2D eigenvalue weighted by atomic mass is 10.1. The number of nitrogens with one attached hydrogen (secondary N) is 2. The first-order chi connectivity index (χ1) is 18.4. The molecular weight excluding hydrogens is 585 g/mol. The molecule has 5 nitrogen and oxygen atoms in total. The molecule has 0 spiro atoms. The minimum atomic E-state index is -0.500. The summed E-state index contributed by atoms with van der Waals surface area (Å²) < 4.78 is 14.8. The van der Waals surface area contributed by atoms with Gasteiger partial charge in [0, 0.05) is 20.0 Å². The van der Waals surface area contributed by atoms with E-state index in [1.54, 1.807) is 17.8 Å². The van der Waals surface area contributed by atoms with Crippen LogP contribution in [0.4, 0.5) is 26.2 Å². The molecule has 194 valence electrons. The molecule has 1 heterocycles. The molecule has 2 N–H and O–H groups in total. The molecule has 5 rings (SSSR count). The maximum absolute atomic E-state index is 14.2. The van der Waals surface area contributed by atoms with Crippen LogP contribution in [0, 0.1) is 5.82 Å². The molecule has 3 aromatic carbocycles. The van der Waals surface area contributed by atoms with E-state index in [0.717, 1.165) is 15.5 Å². The second-order valence-electron chi connectivity index (χ2n) is 8.77. The lowest BCUT2D eigenvalue weighted by Gasteiger charge is -2.40. The number of carbonyl (C=O) groups excluding carboxylic acids is 2. The smallest absolute Gasteiger partial charge is 0.323 e. The molecule has 3 unspecified atom stereocenters. The van der Waals surface area contributed by atoms with E-state index in [2.05, 4.69) is 38.7 Å². The van der Waals surface area contributed by atoms with Crippen LogP contribution in [0.2, 0.25) is 0 Å². The van der Waals surface area contributed by atoms with E-state index in [-0.39, 0.29) is 28.9 Å². The molecule has 9 heteroatoms. The van der Waals surface area contributed by atoms with Gasteiger partial charge in [-0.25, -0.2) is 9.18 Å². The van der Waals surface area contributed by atoms with Crippen molar-refractivity contribution in [3.63, 3.8) is 0 Å². The molecule has 1 aliphatic carbocycles. The van der Waals surface area contributed by atoms with E-state index in [9.17, 15) is 14.0 Å². The number of hydrogen-bond acceptors (Lipinski definition) is 4. The number of para-hydroxylation sites is 1. The van der Waals surface area contributed by atoms with Gasteiger partial charge in [0.25, 0.3) is 0 Å². The minimum absolute atomic E-state index is 0.0929. The van der Waals surface area contributed by atoms with Crippen LogP contribution in [0.1, 0.15) is 13.3 Å². The third-order valence-corrected chi connectivity index (χ3v) is 9.34. The highest BCUT2D eigenvalue weighted by molar-refractivity contribution is 9.10. The fraction of sp³-hybridized carbons (Fsp3) is 0.172. The molecule has 3 amide bonds. The number of halogens is 2. The number of hydrogen-bond donors (Lipinski definition) is 2. The van der Waals surface area contributed by atoms with Gasteiger partial charge in [-0.15, -0.1) is 23.5 Å². The van der Waals surface area contributed by atoms with Crippen LogP contribution in [-0.4, -0.2) is 28.5 Å². The highest BCUT2D eigenvalue weighted by Gasteiger charge is 2.36. The number of fused-ring (bicyclic) bond motifs is 2. The molecule has 3 atom stereocenters. The van der Waals surface area contributed by atoms with Crippen molar-refractivity contribution >= 4 is 68.5 Å². The minimum Gasteiger partial charge on any atom is -0.323 e. The zero-order valence-corrected chi connectivity index (χ0v) is 23.7. The summed E-state index contributed by atoms with van der Waals surface area (Å²) in [5.41, 5.74) is 1.66. The Morgan fingerprint density at radius 2 is 1.87 bits per heavy atom. The molecule has 0 aromatic heterocycles. The van der Waals surface area contributed by atoms with E-state index in [1.807, 2.05) is 72.5 Å². The van der Waals surface area contributed by atoms with Crippen molar-refractivity contribution in [2.45, 2.75) is 39.7 Å². The zero-order chi connectivity index (χ0) is 26.6. The molecule has 0 fully saturated rings. The summed E-state index contributed by atoms with van der Waals surface area (Å²) in [7, 11) is 0. The second-order valence-corrected chi connectivity index (χ2v) is 12.2. The number of urea groups is 1. The topological polar surface area (TPSA) is 61.4 Å². The van der Waals surface area contributed by atoms with Crippen molar-refractivity contribution in [2.24, 2.45) is 0 Å². The first-order valence-corrected chi connectivity index (χ1v) is 14.7. The first kappa shape index (κ1) is 26.6. The van der Waals surface area contributed by atoms with Crippen LogP contribution >= 0.6 is 39.5 Å². The van der Waals surface area contributed by atoms with Crippen molar-refractivity contribution in [1.82, 2.24) is 0 Å². The lowest BCUT2D eigenvalue weighted by molar-refractivity contribution is -0.115. The van der Waals surface area contributed by atoms with Crippen molar-refractivity contribution in [2.75, 3.05) is 15.5 Å². The Bertz CT molecular complexity index is 1430. The lowest BCUT2D eigenvalue weighted by Crippen LogP contribution is -2.49. The van der Waals surface area contributed by atoms with Crippen LogP contribution in [0.5, 0.6) is 0 Å². The van der Waals surface area contributed by atoms with Crippen molar-refractivity contribution in [3.05, 3.63) is 101 Å². The summed E-state index contributed by atoms with van der Waals surface area (Å²) in [4.78, 5) is 30.2. The highest BCUT2D eigenvalue weighted by Crippen LogP contribution is 2.43. The second kappa shape index (κ2) is 11.8. The predicted octanol–water partition coefficient (Wildman–Crippen LogP) is 8.11. The van der Waals surface area contributed by atoms with Gasteiger partial charge in [0.05, 0.1) is 27.9 Å². The third kappa shape index (κ3) is 5.85. The van der Waals surface area contributed by atoms with Gasteiger partial charge >= 0.3 is 6.03 Å². The standard InChI is InChI=1S/C29H25BrFN3O2S2/c1-2-25(28(35)33-22-15-14-18(30)16-21(22)31)37-20-9-7-8-19(17-20)32-29(36)34-23-10-3-5-12-26(23)38-27-13-6-4-11-24(27)34/h3-17,23,25-26H,2H2,1H3,(H,32,36)(H,33,35). The summed E-state index contributed by atoms with van der Waals surface area (Å²) in [5, 5.41) is 5.44. The van der Waals surface area contributed by atoms with Crippen LogP contribution in [0.15, 0.2) is 105 Å². The van der Waals surface area contributed by atoms with Crippen LogP contribution in [-0.2, 0) is 4.79 Å². The Balaban J connectivity index is 1.30. The average Bonchev–Trinajstić information content (AvgIpc) is 2.92. The summed E-state index contributed by atoms with van der Waals surface area (Å²) in [5.74, 6) is -0.778. The number of nitrogens with zero attached hydrogens (tertiary/aromatic N) is 1. The van der Waals surface area contributed by atoms with E-state index in [0.29, 0.717) is 16.6 Å². The Morgan fingerprint density at radius 3 is 2.68 bits per heavy atom. The molecule has 0 radical (unpaired) electrons. The maximum Gasteiger partial charge on any atom is 0.326 e. The molecule has 3 aromatic rings. The maximum atomic E-state index is 14.2. The summed E-state index contributed by atoms with van der Waals surface area (Å²) in [6.07, 6.45) is 8.72. The number of amides is 3. The number of benzene rings is 3. The zero-order valence-electron chi connectivity index (χ0n) is 20.4. The Hall–Kier alpha value is -3.01. The Kier molecular flexibility index (Phi) is 8.26. The quantitative estimate of drug-likeness (QED) is 0.277. The first-order valence-electron chi connectivity index (χ1n) is 12.2. The van der Waals surface area contributed by atoms with Crippen molar-refractivity contribution in [3.8, 4) is 0 Å². The molecule has 0 bridgehead atoms. The summed E-state index contributed by atoms with van der Waals surface area (Å²) in [6, 6.07) is 19.6. The van der Waals surface area contributed by atoms with Gasteiger partial charge in [-0.3, -0.25) is 9.69 Å². The fourth-order valence-electron chi connectivity index (χ4n) is 4.35. The van der Waals surface area contributed by atoms with Gasteiger partial charge < -0.3 is 10.6 Å². The number of allylic oxidation sites excluding steroid dienone is 2. The van der Waals surface area contributed by atoms with Gasteiger partial charge in [-0.05, 0) is 55.0 Å². The molecule has 0 saturated heterocycles. The number of carbonyl (C=O) groups is 2. The third-order valence-electron chi connectivity index (χ3n) is 6.18. The fourth-order valence-corrected chi connectivity index (χ4v) is 6.95. The summed E-state index contributed by atoms with van der Waals surface area (Å²) >= 11 is 6.36. The van der Waals surface area contributed by atoms with Gasteiger partial charge in [0.2, 0.25) is 5.91 Å². The molecular formula is C29H25BrFN3O2S2. The average molecular weight is 611 g/mol. The van der Waals surface area contributed by atoms with E-state index < -0.39 is 11.1 Å². The van der Waals surface area contributed by atoms with E-state index in [4.69, 9.17) is 0 Å². The molecule has 1 aliphatic heterocycles. The number of anilines is 3. The van der Waals surface area contributed by atoms with Gasteiger partial charge in [-0.2, -0.15) is 0 Å². The number of thioether (sulfide) groups is 2. The van der Waals surface area contributed by atoms with Crippen LogP contribution < -0.4 is 15.5 Å². The molecule has 2 aliphatic rings. The Morgan fingerprint density at radius 1 is 1.05 bits per heavy atom. The van der Waals surface area contributed by atoms with E-state index >= 15 is 0 Å². The van der Waals surface area contributed by atoms with Crippen molar-refractivity contribution < 1.29 is 14.0 Å². The van der Waals surface area contributed by atoms with Crippen LogP contribution in [0.25, 0.3) is 0 Å². The van der Waals surface area contributed by atoms with Gasteiger partial charge in [0.15, 0.2) is 0 Å². The van der Waals surface area contributed by atoms with Gasteiger partial charge in [-0.1, -0.05) is 65.4 Å². The highest BCUT2D eigenvalue weighted by atomic mass is 79.9.